The van der Waals surface area contributed by atoms with Gasteiger partial charge >= 0.3 is 0 Å². The minimum absolute atomic E-state index is 0.339. The number of nitrogens with one attached hydrogen (secondary N) is 1. The highest BCUT2D eigenvalue weighted by Crippen LogP contribution is 2.35. The molecule has 4 heteroatoms. The van der Waals surface area contributed by atoms with E-state index >= 15 is 0 Å². The first-order valence-electron chi connectivity index (χ1n) is 6.33. The van der Waals surface area contributed by atoms with Crippen LogP contribution in [0.25, 0.3) is 0 Å². The predicted octanol–water partition coefficient (Wildman–Crippen LogP) is 2.26. The molecule has 0 aliphatic heterocycles. The summed E-state index contributed by atoms with van der Waals surface area (Å²) in [6, 6.07) is 5.12. The summed E-state index contributed by atoms with van der Waals surface area (Å²) >= 11 is 0. The van der Waals surface area contributed by atoms with Gasteiger partial charge in [-0.3, -0.25) is 10.00 Å². The third-order valence-corrected chi connectivity index (χ3v) is 3.40. The van der Waals surface area contributed by atoms with E-state index in [1.807, 2.05) is 16.9 Å². The number of nitrogens with zero attached hydrogens (tertiary/aromatic N) is 3. The fourth-order valence-corrected chi connectivity index (χ4v) is 2.79. The molecular weight excluding hydrogens is 212 g/mol. The molecule has 1 fully saturated rings. The third-order valence-electron chi connectivity index (χ3n) is 3.40. The number of hydrogen-bond acceptors (Lipinski definition) is 3. The van der Waals surface area contributed by atoms with E-state index in [1.165, 1.54) is 0 Å². The van der Waals surface area contributed by atoms with E-state index in [1.54, 1.807) is 6.20 Å². The Balaban J connectivity index is 2.12. The fourth-order valence-electron chi connectivity index (χ4n) is 2.79. The van der Waals surface area contributed by atoms with Crippen molar-refractivity contribution < 1.29 is 0 Å². The molecule has 2 atom stereocenters. The molecule has 1 N–H and O–H groups in total. The van der Waals surface area contributed by atoms with Gasteiger partial charge in [0.1, 0.15) is 5.54 Å². The lowest BCUT2D eigenvalue weighted by molar-refractivity contribution is 0.210. The molecule has 2 rings (SSSR count). The van der Waals surface area contributed by atoms with Crippen molar-refractivity contribution in [3.05, 3.63) is 18.5 Å². The zero-order valence-corrected chi connectivity index (χ0v) is 10.6. The van der Waals surface area contributed by atoms with Crippen LogP contribution >= 0.6 is 0 Å². The number of aromatic nitrogens is 2. The molecule has 1 aliphatic rings. The van der Waals surface area contributed by atoms with Gasteiger partial charge in [-0.05, 0) is 39.2 Å². The Morgan fingerprint density at radius 2 is 2.41 bits per heavy atom. The maximum atomic E-state index is 9.46. The largest absolute Gasteiger partial charge is 0.297 e. The van der Waals surface area contributed by atoms with Crippen molar-refractivity contribution in [2.45, 2.75) is 57.2 Å². The highest BCUT2D eigenvalue weighted by atomic mass is 15.3. The third kappa shape index (κ3) is 2.67. The molecule has 0 radical (unpaired) electrons. The van der Waals surface area contributed by atoms with Gasteiger partial charge in [-0.15, -0.1) is 0 Å². The predicted molar refractivity (Wildman–Crippen MR) is 66.3 cm³/mol. The zero-order chi connectivity index (χ0) is 12.3. The minimum atomic E-state index is -0.372. The van der Waals surface area contributed by atoms with Gasteiger partial charge in [0.2, 0.25) is 0 Å². The second-order valence-corrected chi connectivity index (χ2v) is 5.23. The molecule has 4 nitrogen and oxygen atoms in total. The first-order valence-corrected chi connectivity index (χ1v) is 6.33. The van der Waals surface area contributed by atoms with Gasteiger partial charge in [0, 0.05) is 24.9 Å². The maximum absolute atomic E-state index is 9.46. The van der Waals surface area contributed by atoms with Crippen LogP contribution in [-0.4, -0.2) is 21.4 Å². The monoisotopic (exact) mass is 232 g/mol. The Bertz CT molecular complexity index is 390. The molecule has 0 aromatic carbocycles. The zero-order valence-electron chi connectivity index (χ0n) is 10.6. The van der Waals surface area contributed by atoms with Crippen molar-refractivity contribution in [1.29, 1.82) is 5.26 Å². The molecule has 0 saturated heterocycles. The lowest BCUT2D eigenvalue weighted by Gasteiger charge is -2.37. The number of hydrogen-bond donors (Lipinski definition) is 1. The quantitative estimate of drug-likeness (QED) is 0.869. The molecule has 1 aliphatic carbocycles. The minimum Gasteiger partial charge on any atom is -0.297 e. The highest BCUT2D eigenvalue weighted by Gasteiger charge is 2.37. The van der Waals surface area contributed by atoms with Crippen molar-refractivity contribution in [1.82, 2.24) is 15.1 Å². The molecule has 1 heterocycles. The number of rotatable bonds is 3. The SMILES string of the molecule is CC(C)NC1(C#N)CCCC(n2cccn2)C1. The van der Waals surface area contributed by atoms with Crippen LogP contribution in [0.2, 0.25) is 0 Å². The van der Waals surface area contributed by atoms with E-state index in [0.717, 1.165) is 25.7 Å². The molecule has 1 aromatic rings. The molecule has 1 saturated carbocycles. The summed E-state index contributed by atoms with van der Waals surface area (Å²) in [7, 11) is 0. The fraction of sp³-hybridized carbons (Fsp3) is 0.692. The smallest absolute Gasteiger partial charge is 0.109 e. The average molecular weight is 232 g/mol. The summed E-state index contributed by atoms with van der Waals surface area (Å²) in [6.07, 6.45) is 7.79. The van der Waals surface area contributed by atoms with Gasteiger partial charge in [-0.25, -0.2) is 0 Å². The summed E-state index contributed by atoms with van der Waals surface area (Å²) in [4.78, 5) is 0. The first-order chi connectivity index (χ1) is 8.15. The van der Waals surface area contributed by atoms with Crippen LogP contribution in [0, 0.1) is 11.3 Å². The van der Waals surface area contributed by atoms with Crippen LogP contribution in [0.15, 0.2) is 18.5 Å². The van der Waals surface area contributed by atoms with E-state index in [-0.39, 0.29) is 5.54 Å². The lowest BCUT2D eigenvalue weighted by Crippen LogP contribution is -2.50. The van der Waals surface area contributed by atoms with Crippen molar-refractivity contribution in [3.63, 3.8) is 0 Å². The molecule has 92 valence electrons. The van der Waals surface area contributed by atoms with Gasteiger partial charge in [-0.1, -0.05) is 0 Å². The van der Waals surface area contributed by atoms with Gasteiger partial charge in [0.25, 0.3) is 0 Å². The first kappa shape index (κ1) is 12.1. The van der Waals surface area contributed by atoms with Crippen molar-refractivity contribution >= 4 is 0 Å². The molecule has 0 bridgehead atoms. The summed E-state index contributed by atoms with van der Waals surface area (Å²) in [5.74, 6) is 0. The Morgan fingerprint density at radius 3 is 3.00 bits per heavy atom. The van der Waals surface area contributed by atoms with Crippen LogP contribution < -0.4 is 5.32 Å². The average Bonchev–Trinajstić information content (AvgIpc) is 2.82. The van der Waals surface area contributed by atoms with Crippen molar-refractivity contribution in [2.24, 2.45) is 0 Å². The van der Waals surface area contributed by atoms with E-state index in [9.17, 15) is 5.26 Å². The van der Waals surface area contributed by atoms with Gasteiger partial charge in [-0.2, -0.15) is 10.4 Å². The van der Waals surface area contributed by atoms with Gasteiger partial charge in [0.05, 0.1) is 12.1 Å². The summed E-state index contributed by atoms with van der Waals surface area (Å²) in [6.45, 7) is 4.19. The van der Waals surface area contributed by atoms with Crippen LogP contribution in [0.1, 0.15) is 45.6 Å². The summed E-state index contributed by atoms with van der Waals surface area (Å²) < 4.78 is 1.99. The van der Waals surface area contributed by atoms with Gasteiger partial charge < -0.3 is 0 Å². The maximum Gasteiger partial charge on any atom is 0.109 e. The Labute approximate surface area is 103 Å². The van der Waals surface area contributed by atoms with E-state index in [0.29, 0.717) is 12.1 Å². The number of nitriles is 1. The van der Waals surface area contributed by atoms with E-state index in [2.05, 4.69) is 30.3 Å². The second kappa shape index (κ2) is 4.89. The topological polar surface area (TPSA) is 53.6 Å². The van der Waals surface area contributed by atoms with Crippen molar-refractivity contribution in [3.8, 4) is 6.07 Å². The van der Waals surface area contributed by atoms with Crippen LogP contribution in [0.4, 0.5) is 0 Å². The van der Waals surface area contributed by atoms with Crippen molar-refractivity contribution in [2.75, 3.05) is 0 Å². The molecule has 0 amide bonds. The van der Waals surface area contributed by atoms with Crippen LogP contribution in [-0.2, 0) is 0 Å². The molecular formula is C13H20N4. The standard InChI is InChI=1S/C13H20N4/c1-11(2)16-13(10-14)6-3-5-12(9-13)17-8-4-7-15-17/h4,7-8,11-12,16H,3,5-6,9H2,1-2H3. The van der Waals surface area contributed by atoms with Crippen LogP contribution in [0.5, 0.6) is 0 Å². The second-order valence-electron chi connectivity index (χ2n) is 5.23. The highest BCUT2D eigenvalue weighted by molar-refractivity contribution is 5.11. The van der Waals surface area contributed by atoms with Crippen LogP contribution in [0.3, 0.4) is 0 Å². The summed E-state index contributed by atoms with van der Waals surface area (Å²) in [5.41, 5.74) is -0.372. The van der Waals surface area contributed by atoms with E-state index < -0.39 is 0 Å². The molecule has 1 aromatic heterocycles. The molecule has 17 heavy (non-hydrogen) atoms. The molecule has 2 unspecified atom stereocenters. The van der Waals surface area contributed by atoms with E-state index in [4.69, 9.17) is 0 Å². The van der Waals surface area contributed by atoms with Gasteiger partial charge in [0.15, 0.2) is 0 Å². The normalized spacial score (nSPS) is 29.2. The molecule has 0 spiro atoms. The summed E-state index contributed by atoms with van der Waals surface area (Å²) in [5, 5.41) is 17.2. The Kier molecular flexibility index (Phi) is 3.49. The Hall–Kier alpha value is -1.34. The lowest BCUT2D eigenvalue weighted by atomic mass is 9.79. The Morgan fingerprint density at radius 1 is 1.59 bits per heavy atom.